The second-order valence-corrected chi connectivity index (χ2v) is 8.41. The lowest BCUT2D eigenvalue weighted by atomic mass is 9.92. The number of nitrogens with one attached hydrogen (secondary N) is 2. The largest absolute Gasteiger partial charge is 0.369 e. The van der Waals surface area contributed by atoms with Crippen LogP contribution in [0, 0.1) is 11.3 Å². The van der Waals surface area contributed by atoms with Crippen LogP contribution in [0.25, 0.3) is 0 Å². The van der Waals surface area contributed by atoms with Gasteiger partial charge in [0, 0.05) is 55.9 Å². The number of piperidine rings is 1. The first kappa shape index (κ1) is 26.6. The first-order valence-electron chi connectivity index (χ1n) is 9.88. The third-order valence-corrected chi connectivity index (χ3v) is 6.61. The van der Waals surface area contributed by atoms with Gasteiger partial charge >= 0.3 is 0 Å². The molecule has 1 saturated carbocycles. The lowest BCUT2D eigenvalue weighted by Gasteiger charge is -2.36. The van der Waals surface area contributed by atoms with Gasteiger partial charge in [-0.25, -0.2) is 0 Å². The minimum Gasteiger partial charge on any atom is -0.369 e. The van der Waals surface area contributed by atoms with Crippen molar-refractivity contribution in [3.8, 4) is 0 Å². The van der Waals surface area contributed by atoms with Gasteiger partial charge in [-0.15, -0.1) is 37.2 Å². The molecule has 1 atom stereocenters. The highest BCUT2D eigenvalue weighted by Crippen LogP contribution is 2.58. The lowest BCUT2D eigenvalue weighted by Crippen LogP contribution is -2.48. The van der Waals surface area contributed by atoms with Crippen LogP contribution >= 0.6 is 48.8 Å². The number of carbonyl (C=O) groups is 1. The van der Waals surface area contributed by atoms with Crippen molar-refractivity contribution in [2.75, 3.05) is 57.3 Å². The second kappa shape index (κ2) is 11.8. The van der Waals surface area contributed by atoms with Crippen LogP contribution in [-0.4, -0.2) is 63.2 Å². The van der Waals surface area contributed by atoms with E-state index >= 15 is 0 Å². The molecule has 1 spiro atoms. The Kier molecular flexibility index (Phi) is 10.8. The highest BCUT2D eigenvalue weighted by atomic mass is 35.5. The van der Waals surface area contributed by atoms with Crippen molar-refractivity contribution >= 4 is 60.4 Å². The molecule has 2 saturated heterocycles. The quantitative estimate of drug-likeness (QED) is 0.672. The van der Waals surface area contributed by atoms with E-state index < -0.39 is 0 Å². The van der Waals surface area contributed by atoms with Gasteiger partial charge in [-0.3, -0.25) is 9.69 Å². The Labute approximate surface area is 197 Å². The Morgan fingerprint density at radius 3 is 2.48 bits per heavy atom. The van der Waals surface area contributed by atoms with Crippen LogP contribution in [-0.2, 0) is 4.79 Å². The van der Waals surface area contributed by atoms with Gasteiger partial charge in [-0.1, -0.05) is 17.7 Å². The van der Waals surface area contributed by atoms with Crippen LogP contribution in [0.3, 0.4) is 0 Å². The number of halogens is 4. The minimum atomic E-state index is 0. The standard InChI is InChI=1S/C20H29ClN4O.3ClH/c21-16-2-1-3-17(14-16)25-12-10-24(11-13-25)9-8-23-19(26)18-15-20(18)4-6-22-7-5-20;;;/h1-3,14,18,22H,4-13,15H2,(H,23,26);3*1H. The van der Waals surface area contributed by atoms with Crippen LogP contribution in [0.2, 0.25) is 5.02 Å². The average Bonchev–Trinajstić information content (AvgIpc) is 3.36. The molecule has 3 fully saturated rings. The van der Waals surface area contributed by atoms with Gasteiger partial charge in [0.15, 0.2) is 0 Å². The Morgan fingerprint density at radius 1 is 1.14 bits per heavy atom. The summed E-state index contributed by atoms with van der Waals surface area (Å²) in [6.45, 7) is 7.92. The van der Waals surface area contributed by atoms with Crippen molar-refractivity contribution in [1.29, 1.82) is 0 Å². The number of rotatable bonds is 5. The fourth-order valence-corrected chi connectivity index (χ4v) is 4.74. The third-order valence-electron chi connectivity index (χ3n) is 6.38. The summed E-state index contributed by atoms with van der Waals surface area (Å²) in [5, 5.41) is 7.37. The Balaban J connectivity index is 0.00000140. The van der Waals surface area contributed by atoms with Crippen molar-refractivity contribution in [1.82, 2.24) is 15.5 Å². The summed E-state index contributed by atoms with van der Waals surface area (Å²) >= 11 is 6.09. The van der Waals surface area contributed by atoms with Crippen LogP contribution in [0.4, 0.5) is 5.69 Å². The highest BCUT2D eigenvalue weighted by molar-refractivity contribution is 6.30. The van der Waals surface area contributed by atoms with E-state index in [-0.39, 0.29) is 49.0 Å². The summed E-state index contributed by atoms with van der Waals surface area (Å²) in [4.78, 5) is 17.2. The number of carbonyl (C=O) groups excluding carboxylic acids is 1. The molecule has 9 heteroatoms. The average molecular weight is 486 g/mol. The van der Waals surface area contributed by atoms with E-state index in [2.05, 4.69) is 26.5 Å². The summed E-state index contributed by atoms with van der Waals surface area (Å²) in [5.74, 6) is 0.550. The van der Waals surface area contributed by atoms with Gasteiger partial charge in [-0.2, -0.15) is 0 Å². The number of anilines is 1. The van der Waals surface area contributed by atoms with Gasteiger partial charge < -0.3 is 15.5 Å². The number of hydrogen-bond acceptors (Lipinski definition) is 4. The van der Waals surface area contributed by atoms with Gasteiger partial charge in [0.05, 0.1) is 0 Å². The minimum absolute atomic E-state index is 0. The smallest absolute Gasteiger partial charge is 0.223 e. The summed E-state index contributed by atoms with van der Waals surface area (Å²) in [6, 6.07) is 8.07. The monoisotopic (exact) mass is 484 g/mol. The van der Waals surface area contributed by atoms with Crippen LogP contribution in [0.1, 0.15) is 19.3 Å². The molecule has 5 nitrogen and oxygen atoms in total. The summed E-state index contributed by atoms with van der Waals surface area (Å²) < 4.78 is 0. The second-order valence-electron chi connectivity index (χ2n) is 7.97. The molecule has 1 amide bonds. The zero-order chi connectivity index (χ0) is 18.0. The van der Waals surface area contributed by atoms with E-state index in [1.54, 1.807) is 0 Å². The molecule has 0 radical (unpaired) electrons. The van der Waals surface area contributed by atoms with E-state index in [1.165, 1.54) is 5.69 Å². The maximum atomic E-state index is 12.4. The maximum absolute atomic E-state index is 12.4. The molecule has 1 aromatic carbocycles. The molecule has 1 unspecified atom stereocenters. The fourth-order valence-electron chi connectivity index (χ4n) is 4.56. The van der Waals surface area contributed by atoms with Gasteiger partial charge in [-0.05, 0) is 56.0 Å². The molecule has 2 aliphatic heterocycles. The number of piperazine rings is 1. The number of benzene rings is 1. The molecule has 1 aliphatic carbocycles. The van der Waals surface area contributed by atoms with E-state index in [1.807, 2.05) is 18.2 Å². The first-order chi connectivity index (χ1) is 12.7. The maximum Gasteiger partial charge on any atom is 0.223 e. The molecule has 166 valence electrons. The summed E-state index contributed by atoms with van der Waals surface area (Å²) in [6.07, 6.45) is 3.42. The van der Waals surface area contributed by atoms with E-state index in [9.17, 15) is 4.79 Å². The highest BCUT2D eigenvalue weighted by Gasteiger charge is 2.57. The lowest BCUT2D eigenvalue weighted by molar-refractivity contribution is -0.123. The molecule has 4 rings (SSSR count). The predicted molar refractivity (Wildman–Crippen MR) is 128 cm³/mol. The zero-order valence-corrected chi connectivity index (χ0v) is 19.8. The molecule has 3 aliphatic rings. The zero-order valence-electron chi connectivity index (χ0n) is 16.6. The topological polar surface area (TPSA) is 47.6 Å². The normalized spacial score (nSPS) is 22.7. The van der Waals surface area contributed by atoms with Gasteiger partial charge in [0.1, 0.15) is 0 Å². The first-order valence-corrected chi connectivity index (χ1v) is 10.3. The van der Waals surface area contributed by atoms with E-state index in [0.29, 0.717) is 5.41 Å². The summed E-state index contributed by atoms with van der Waals surface area (Å²) in [7, 11) is 0. The van der Waals surface area contributed by atoms with Gasteiger partial charge in [0.25, 0.3) is 0 Å². The summed E-state index contributed by atoms with van der Waals surface area (Å²) in [5.41, 5.74) is 1.53. The van der Waals surface area contributed by atoms with Crippen LogP contribution in [0.15, 0.2) is 24.3 Å². The van der Waals surface area contributed by atoms with Crippen molar-refractivity contribution in [2.45, 2.75) is 19.3 Å². The number of amides is 1. The van der Waals surface area contributed by atoms with Crippen LogP contribution < -0.4 is 15.5 Å². The molecule has 0 bridgehead atoms. The molecule has 29 heavy (non-hydrogen) atoms. The number of nitrogens with zero attached hydrogens (tertiary/aromatic N) is 2. The molecule has 2 N–H and O–H groups in total. The van der Waals surface area contributed by atoms with Crippen molar-refractivity contribution < 1.29 is 4.79 Å². The van der Waals surface area contributed by atoms with E-state index in [4.69, 9.17) is 11.6 Å². The van der Waals surface area contributed by atoms with E-state index in [0.717, 1.165) is 76.6 Å². The fraction of sp³-hybridized carbons (Fsp3) is 0.650. The molecular weight excluding hydrogens is 454 g/mol. The predicted octanol–water partition coefficient (Wildman–Crippen LogP) is 3.23. The van der Waals surface area contributed by atoms with Crippen molar-refractivity contribution in [3.05, 3.63) is 29.3 Å². The van der Waals surface area contributed by atoms with Crippen LogP contribution in [0.5, 0.6) is 0 Å². The Bertz CT molecular complexity index is 649. The molecule has 1 aromatic rings. The molecule has 0 aromatic heterocycles. The van der Waals surface area contributed by atoms with Crippen molar-refractivity contribution in [2.24, 2.45) is 11.3 Å². The SMILES string of the molecule is Cl.Cl.Cl.O=C(NCCN1CCN(c2cccc(Cl)c2)CC1)C1CC12CCNCC2. The Hall–Kier alpha value is -0.430. The number of hydrogen-bond donors (Lipinski definition) is 2. The molecule has 2 heterocycles. The molecular formula is C20H32Cl4N4O. The Morgan fingerprint density at radius 2 is 1.83 bits per heavy atom. The van der Waals surface area contributed by atoms with Crippen molar-refractivity contribution in [3.63, 3.8) is 0 Å². The third kappa shape index (κ3) is 6.52. The van der Waals surface area contributed by atoms with Gasteiger partial charge in [0.2, 0.25) is 5.91 Å².